The lowest BCUT2D eigenvalue weighted by Crippen LogP contribution is -2.42. The summed E-state index contributed by atoms with van der Waals surface area (Å²) in [5, 5.41) is 4.04. The summed E-state index contributed by atoms with van der Waals surface area (Å²) in [6.07, 6.45) is 0.585. The molecule has 1 fully saturated rings. The van der Waals surface area contributed by atoms with Crippen LogP contribution in [0.1, 0.15) is 43.0 Å². The fourth-order valence-corrected chi connectivity index (χ4v) is 3.20. The molecule has 2 aromatic heterocycles. The van der Waals surface area contributed by atoms with Crippen molar-refractivity contribution in [3.63, 3.8) is 0 Å². The molecule has 2 N–H and O–H groups in total. The average Bonchev–Trinajstić information content (AvgIpc) is 3.07. The van der Waals surface area contributed by atoms with Crippen molar-refractivity contribution in [2.45, 2.75) is 39.2 Å². The monoisotopic (exact) mass is 372 g/mol. The molecule has 1 unspecified atom stereocenters. The summed E-state index contributed by atoms with van der Waals surface area (Å²) in [7, 11) is 0. The van der Waals surface area contributed by atoms with Crippen LogP contribution < -0.4 is 5.73 Å². The lowest BCUT2D eigenvalue weighted by atomic mass is 10.1. The number of hydrogen-bond acceptors (Lipinski definition) is 6. The fourth-order valence-electron chi connectivity index (χ4n) is 3.20. The van der Waals surface area contributed by atoms with Crippen molar-refractivity contribution in [1.29, 1.82) is 0 Å². The molecule has 1 atom stereocenters. The number of amides is 2. The van der Waals surface area contributed by atoms with Crippen LogP contribution in [-0.4, -0.2) is 46.6 Å². The Morgan fingerprint density at radius 1 is 1.33 bits per heavy atom. The zero-order valence-corrected chi connectivity index (χ0v) is 15.6. The van der Waals surface area contributed by atoms with Gasteiger partial charge in [-0.05, 0) is 19.1 Å². The number of nitrogens with zero attached hydrogens (tertiary/aromatic N) is 3. The summed E-state index contributed by atoms with van der Waals surface area (Å²) in [5.41, 5.74) is 8.37. The molecule has 0 saturated carbocycles. The second-order valence-electron chi connectivity index (χ2n) is 6.53. The van der Waals surface area contributed by atoms with E-state index in [9.17, 15) is 9.59 Å². The number of pyridine rings is 1. The summed E-state index contributed by atoms with van der Waals surface area (Å²) in [4.78, 5) is 29.6. The van der Waals surface area contributed by atoms with Gasteiger partial charge in [0.25, 0.3) is 0 Å². The van der Waals surface area contributed by atoms with Gasteiger partial charge in [-0.15, -0.1) is 0 Å². The molecular weight excluding hydrogens is 348 g/mol. The Morgan fingerprint density at radius 2 is 2.15 bits per heavy atom. The molecule has 144 valence electrons. The Labute approximate surface area is 157 Å². The van der Waals surface area contributed by atoms with Crippen molar-refractivity contribution >= 4 is 11.8 Å². The van der Waals surface area contributed by atoms with Gasteiger partial charge in [0.1, 0.15) is 11.9 Å². The van der Waals surface area contributed by atoms with Gasteiger partial charge in [0.2, 0.25) is 11.8 Å². The van der Waals surface area contributed by atoms with Crippen molar-refractivity contribution in [3.8, 4) is 11.3 Å². The second kappa shape index (κ2) is 8.30. The first-order chi connectivity index (χ1) is 13.0. The highest BCUT2D eigenvalue weighted by Gasteiger charge is 2.27. The van der Waals surface area contributed by atoms with Gasteiger partial charge in [0, 0.05) is 25.8 Å². The molecule has 0 bridgehead atoms. The molecule has 27 heavy (non-hydrogen) atoms. The minimum absolute atomic E-state index is 0.0567. The number of hydrogen-bond donors (Lipinski definition) is 1. The Morgan fingerprint density at radius 3 is 2.89 bits per heavy atom. The maximum Gasteiger partial charge on any atom is 0.223 e. The highest BCUT2D eigenvalue weighted by Crippen LogP contribution is 2.29. The minimum Gasteiger partial charge on any atom is -0.370 e. The van der Waals surface area contributed by atoms with Gasteiger partial charge in [-0.3, -0.25) is 9.59 Å². The van der Waals surface area contributed by atoms with Crippen LogP contribution in [0.2, 0.25) is 0 Å². The molecule has 3 rings (SSSR count). The number of nitrogens with two attached hydrogens (primary N) is 1. The Balaban J connectivity index is 1.77. The van der Waals surface area contributed by atoms with Crippen LogP contribution >= 0.6 is 0 Å². The number of primary amides is 1. The molecular formula is C19H24N4O4. The number of morpholine rings is 1. The van der Waals surface area contributed by atoms with Crippen molar-refractivity contribution in [2.24, 2.45) is 5.73 Å². The van der Waals surface area contributed by atoms with E-state index < -0.39 is 5.91 Å². The second-order valence-corrected chi connectivity index (χ2v) is 6.53. The molecule has 0 radical (unpaired) electrons. The van der Waals surface area contributed by atoms with Crippen LogP contribution in [0.25, 0.3) is 11.3 Å². The van der Waals surface area contributed by atoms with Gasteiger partial charge in [0.05, 0.1) is 35.8 Å². The van der Waals surface area contributed by atoms with Gasteiger partial charge < -0.3 is 19.9 Å². The number of aryl methyl sites for hydroxylation is 2. The summed E-state index contributed by atoms with van der Waals surface area (Å²) in [6.45, 7) is 5.22. The minimum atomic E-state index is -0.474. The third-order valence-electron chi connectivity index (χ3n) is 4.62. The van der Waals surface area contributed by atoms with Crippen LogP contribution in [0.3, 0.4) is 0 Å². The largest absolute Gasteiger partial charge is 0.370 e. The van der Waals surface area contributed by atoms with Crippen LogP contribution in [0.5, 0.6) is 0 Å². The standard InChI is InChI=1S/C19H24N4O4/c1-3-15-19(12(2)22-27-15)14-6-4-5-13(21-14)16-11-23(9-10-26-16)18(25)8-7-17(20)24/h4-6,16H,3,7-11H2,1-2H3,(H2,20,24). The molecule has 3 heterocycles. The van der Waals surface area contributed by atoms with Crippen molar-refractivity contribution in [1.82, 2.24) is 15.0 Å². The molecule has 2 aromatic rings. The van der Waals surface area contributed by atoms with Gasteiger partial charge >= 0.3 is 0 Å². The number of ether oxygens (including phenoxy) is 1. The quantitative estimate of drug-likeness (QED) is 0.827. The highest BCUT2D eigenvalue weighted by molar-refractivity contribution is 5.83. The van der Waals surface area contributed by atoms with E-state index >= 15 is 0 Å². The molecule has 0 spiro atoms. The lowest BCUT2D eigenvalue weighted by molar-refractivity contribution is -0.140. The SMILES string of the molecule is CCc1onc(C)c1-c1cccc(C2CN(C(=O)CCC(N)=O)CCO2)n1. The molecule has 2 amide bonds. The van der Waals surface area contributed by atoms with Crippen molar-refractivity contribution < 1.29 is 18.8 Å². The van der Waals surface area contributed by atoms with E-state index in [1.165, 1.54) is 0 Å². The Hall–Kier alpha value is -2.74. The summed E-state index contributed by atoms with van der Waals surface area (Å²) < 4.78 is 11.2. The number of aromatic nitrogens is 2. The van der Waals surface area contributed by atoms with E-state index in [0.717, 1.165) is 34.8 Å². The number of carbonyl (C=O) groups excluding carboxylic acids is 2. The van der Waals surface area contributed by atoms with E-state index in [0.29, 0.717) is 19.7 Å². The molecule has 8 heteroatoms. The normalized spacial score (nSPS) is 17.1. The first kappa shape index (κ1) is 19.0. The van der Waals surface area contributed by atoms with E-state index in [2.05, 4.69) is 5.16 Å². The predicted molar refractivity (Wildman–Crippen MR) is 97.6 cm³/mol. The Kier molecular flexibility index (Phi) is 5.85. The van der Waals surface area contributed by atoms with Crippen LogP contribution in [-0.2, 0) is 20.7 Å². The van der Waals surface area contributed by atoms with E-state index in [1.807, 2.05) is 32.0 Å². The highest BCUT2D eigenvalue weighted by atomic mass is 16.5. The maximum absolute atomic E-state index is 12.3. The topological polar surface area (TPSA) is 112 Å². The molecule has 1 aliphatic rings. The molecule has 1 aliphatic heterocycles. The van der Waals surface area contributed by atoms with Gasteiger partial charge in [-0.1, -0.05) is 18.1 Å². The third-order valence-corrected chi connectivity index (χ3v) is 4.62. The summed E-state index contributed by atoms with van der Waals surface area (Å²) in [6, 6.07) is 5.72. The average molecular weight is 372 g/mol. The van der Waals surface area contributed by atoms with Crippen molar-refractivity contribution in [3.05, 3.63) is 35.3 Å². The van der Waals surface area contributed by atoms with E-state index in [4.69, 9.17) is 20.0 Å². The first-order valence-corrected chi connectivity index (χ1v) is 9.09. The third kappa shape index (κ3) is 4.33. The number of rotatable bonds is 6. The zero-order valence-electron chi connectivity index (χ0n) is 15.6. The van der Waals surface area contributed by atoms with Crippen LogP contribution in [0, 0.1) is 6.92 Å². The van der Waals surface area contributed by atoms with Crippen LogP contribution in [0.4, 0.5) is 0 Å². The van der Waals surface area contributed by atoms with E-state index in [1.54, 1.807) is 4.90 Å². The first-order valence-electron chi connectivity index (χ1n) is 9.09. The lowest BCUT2D eigenvalue weighted by Gasteiger charge is -2.32. The predicted octanol–water partition coefficient (Wildman–Crippen LogP) is 1.77. The van der Waals surface area contributed by atoms with Gasteiger partial charge in [-0.2, -0.15) is 0 Å². The van der Waals surface area contributed by atoms with Crippen molar-refractivity contribution in [2.75, 3.05) is 19.7 Å². The molecule has 0 aromatic carbocycles. The van der Waals surface area contributed by atoms with Crippen LogP contribution in [0.15, 0.2) is 22.7 Å². The fraction of sp³-hybridized carbons (Fsp3) is 0.474. The van der Waals surface area contributed by atoms with Gasteiger partial charge in [-0.25, -0.2) is 4.98 Å². The maximum atomic E-state index is 12.3. The van der Waals surface area contributed by atoms with E-state index in [-0.39, 0.29) is 24.9 Å². The molecule has 1 saturated heterocycles. The van der Waals surface area contributed by atoms with Gasteiger partial charge in [0.15, 0.2) is 0 Å². The molecule has 8 nitrogen and oxygen atoms in total. The summed E-state index contributed by atoms with van der Waals surface area (Å²) in [5.74, 6) is 0.227. The summed E-state index contributed by atoms with van der Waals surface area (Å²) >= 11 is 0. The zero-order chi connectivity index (χ0) is 19.4. The number of carbonyl (C=O) groups is 2. The Bertz CT molecular complexity index is 833. The molecule has 0 aliphatic carbocycles. The smallest absolute Gasteiger partial charge is 0.223 e.